The molecule has 0 saturated heterocycles. The standard InChI is InChI=1S/C18H21F3N6O4S2/c1-4-11-7-6-10-8-12(22-24-17-25-23-15(32-17)16(28)31-5-2)13(9-14(10)27(11)3)26-33(29,30)18(19,20)21/h8-9,11,26H,4-7H2,1-3H3. The first kappa shape index (κ1) is 24.8. The van der Waals surface area contributed by atoms with E-state index in [1.807, 2.05) is 11.8 Å². The number of nitrogens with zero attached hydrogens (tertiary/aromatic N) is 5. The molecule has 1 aliphatic heterocycles. The number of aromatic nitrogens is 2. The van der Waals surface area contributed by atoms with Gasteiger partial charge in [0.15, 0.2) is 0 Å². The maximum Gasteiger partial charge on any atom is 0.516 e. The number of sulfonamides is 1. The van der Waals surface area contributed by atoms with Gasteiger partial charge in [-0.15, -0.1) is 20.4 Å². The van der Waals surface area contributed by atoms with Crippen molar-refractivity contribution in [2.45, 2.75) is 44.7 Å². The predicted molar refractivity (Wildman–Crippen MR) is 116 cm³/mol. The second-order valence-corrected chi connectivity index (χ2v) is 9.70. The van der Waals surface area contributed by atoms with E-state index in [1.54, 1.807) is 18.7 Å². The summed E-state index contributed by atoms with van der Waals surface area (Å²) in [4.78, 5) is 13.6. The van der Waals surface area contributed by atoms with E-state index in [0.29, 0.717) is 12.1 Å². The lowest BCUT2D eigenvalue weighted by molar-refractivity contribution is -0.0429. The Kier molecular flexibility index (Phi) is 7.21. The number of fused-ring (bicyclic) bond motifs is 1. The average molecular weight is 507 g/mol. The number of ether oxygens (including phenoxy) is 1. The van der Waals surface area contributed by atoms with Gasteiger partial charge < -0.3 is 9.64 Å². The number of carbonyl (C=O) groups excluding carboxylic acids is 1. The maximum absolute atomic E-state index is 13.0. The summed E-state index contributed by atoms with van der Waals surface area (Å²) in [6.45, 7) is 3.76. The largest absolute Gasteiger partial charge is 0.516 e. The van der Waals surface area contributed by atoms with E-state index in [1.165, 1.54) is 12.1 Å². The van der Waals surface area contributed by atoms with Crippen molar-refractivity contribution in [1.82, 2.24) is 10.2 Å². The van der Waals surface area contributed by atoms with Gasteiger partial charge in [-0.1, -0.05) is 18.3 Å². The highest BCUT2D eigenvalue weighted by molar-refractivity contribution is 7.93. The summed E-state index contributed by atoms with van der Waals surface area (Å²) >= 11 is 0.772. The molecule has 0 amide bonds. The van der Waals surface area contributed by atoms with E-state index in [2.05, 4.69) is 20.4 Å². The summed E-state index contributed by atoms with van der Waals surface area (Å²) < 4.78 is 68.9. The number of esters is 1. The smallest absolute Gasteiger partial charge is 0.461 e. The number of hydrogen-bond donors (Lipinski definition) is 1. The zero-order valence-corrected chi connectivity index (χ0v) is 19.5. The highest BCUT2D eigenvalue weighted by atomic mass is 32.2. The quantitative estimate of drug-likeness (QED) is 0.431. The molecule has 2 heterocycles. The van der Waals surface area contributed by atoms with Gasteiger partial charge in [-0.05, 0) is 43.9 Å². The van der Waals surface area contributed by atoms with E-state index in [0.717, 1.165) is 29.7 Å². The monoisotopic (exact) mass is 506 g/mol. The van der Waals surface area contributed by atoms with Crippen LogP contribution in [-0.4, -0.2) is 49.8 Å². The van der Waals surface area contributed by atoms with Crippen molar-refractivity contribution in [3.8, 4) is 0 Å². The number of azo groups is 1. The van der Waals surface area contributed by atoms with E-state index < -0.39 is 21.5 Å². The highest BCUT2D eigenvalue weighted by Gasteiger charge is 2.46. The number of carbonyl (C=O) groups is 1. The fourth-order valence-corrected chi connectivity index (χ4v) is 4.46. The van der Waals surface area contributed by atoms with Crippen molar-refractivity contribution in [3.05, 3.63) is 22.7 Å². The first-order valence-corrected chi connectivity index (χ1v) is 12.2. The minimum Gasteiger partial charge on any atom is -0.461 e. The fourth-order valence-electron chi connectivity index (χ4n) is 3.33. The Morgan fingerprint density at radius 2 is 2.03 bits per heavy atom. The van der Waals surface area contributed by atoms with Crippen LogP contribution in [0, 0.1) is 0 Å². The molecule has 0 aliphatic carbocycles. The fraction of sp³-hybridized carbons (Fsp3) is 0.500. The number of anilines is 2. The lowest BCUT2D eigenvalue weighted by atomic mass is 9.94. The van der Waals surface area contributed by atoms with Gasteiger partial charge in [0.2, 0.25) is 5.01 Å². The van der Waals surface area contributed by atoms with Crippen molar-refractivity contribution < 1.29 is 31.1 Å². The van der Waals surface area contributed by atoms with Gasteiger partial charge in [0, 0.05) is 18.8 Å². The Hall–Kier alpha value is -2.81. The van der Waals surface area contributed by atoms with Crippen LogP contribution in [0.25, 0.3) is 0 Å². The van der Waals surface area contributed by atoms with Crippen LogP contribution < -0.4 is 9.62 Å². The molecule has 0 radical (unpaired) electrons. The van der Waals surface area contributed by atoms with Crippen molar-refractivity contribution >= 4 is 49.5 Å². The number of halogens is 3. The highest BCUT2D eigenvalue weighted by Crippen LogP contribution is 2.40. The van der Waals surface area contributed by atoms with Crippen LogP contribution in [-0.2, 0) is 21.2 Å². The average Bonchev–Trinajstić information content (AvgIpc) is 3.21. The van der Waals surface area contributed by atoms with Crippen LogP contribution in [0.3, 0.4) is 0 Å². The van der Waals surface area contributed by atoms with Gasteiger partial charge in [-0.25, -0.2) is 4.79 Å². The normalized spacial score (nSPS) is 16.7. The predicted octanol–water partition coefficient (Wildman–Crippen LogP) is 4.55. The number of rotatable bonds is 7. The van der Waals surface area contributed by atoms with Crippen molar-refractivity contribution in [2.24, 2.45) is 10.2 Å². The molecule has 0 fully saturated rings. The van der Waals surface area contributed by atoms with Crippen LogP contribution in [0.4, 0.5) is 35.4 Å². The maximum atomic E-state index is 13.0. The molecule has 3 rings (SSSR count). The number of benzene rings is 1. The third-order valence-corrected chi connectivity index (χ3v) is 6.89. The van der Waals surface area contributed by atoms with Gasteiger partial charge in [-0.3, -0.25) is 4.72 Å². The minimum absolute atomic E-state index is 0.0523. The topological polar surface area (TPSA) is 126 Å². The molecule has 15 heteroatoms. The van der Waals surface area contributed by atoms with E-state index in [9.17, 15) is 26.4 Å². The molecule has 0 saturated carbocycles. The number of nitrogens with one attached hydrogen (secondary N) is 1. The van der Waals surface area contributed by atoms with E-state index in [-0.39, 0.29) is 34.2 Å². The summed E-state index contributed by atoms with van der Waals surface area (Å²) in [6.07, 6.45) is 2.28. The molecule has 1 aromatic heterocycles. The van der Waals surface area contributed by atoms with Gasteiger partial charge in [0.1, 0.15) is 5.69 Å². The third kappa shape index (κ3) is 5.40. The Morgan fingerprint density at radius 3 is 2.67 bits per heavy atom. The van der Waals surface area contributed by atoms with Crippen LogP contribution >= 0.6 is 11.3 Å². The molecule has 1 unspecified atom stereocenters. The summed E-state index contributed by atoms with van der Waals surface area (Å²) in [5.41, 5.74) is -4.63. The molecule has 33 heavy (non-hydrogen) atoms. The Morgan fingerprint density at radius 1 is 1.30 bits per heavy atom. The minimum atomic E-state index is -5.69. The molecule has 10 nitrogen and oxygen atoms in total. The van der Waals surface area contributed by atoms with Crippen LogP contribution in [0.5, 0.6) is 0 Å². The molecule has 1 N–H and O–H groups in total. The SMILES string of the molecule is CCOC(=O)c1nnc(N=Nc2cc3c(cc2NS(=O)(=O)C(F)(F)F)N(C)C(CC)CC3)s1. The molecule has 1 aromatic carbocycles. The van der Waals surface area contributed by atoms with Crippen LogP contribution in [0.1, 0.15) is 42.1 Å². The summed E-state index contributed by atoms with van der Waals surface area (Å²) in [5, 5.41) is 14.9. The molecule has 0 spiro atoms. The van der Waals surface area contributed by atoms with Gasteiger partial charge >= 0.3 is 21.5 Å². The Bertz CT molecular complexity index is 1170. The molecule has 1 aliphatic rings. The second-order valence-electron chi connectivity index (χ2n) is 7.07. The van der Waals surface area contributed by atoms with E-state index in [4.69, 9.17) is 4.74 Å². The summed E-state index contributed by atoms with van der Waals surface area (Å²) in [6, 6.07) is 2.97. The third-order valence-electron chi connectivity index (χ3n) is 5.00. The lowest BCUT2D eigenvalue weighted by Crippen LogP contribution is -2.35. The molecular formula is C18H21F3N6O4S2. The van der Waals surface area contributed by atoms with Gasteiger partial charge in [0.25, 0.3) is 5.13 Å². The van der Waals surface area contributed by atoms with E-state index >= 15 is 0 Å². The van der Waals surface area contributed by atoms with Crippen LogP contribution in [0.15, 0.2) is 22.4 Å². The molecular weight excluding hydrogens is 485 g/mol. The molecule has 0 bridgehead atoms. The second kappa shape index (κ2) is 9.59. The number of alkyl halides is 3. The van der Waals surface area contributed by atoms with Gasteiger partial charge in [0.05, 0.1) is 12.3 Å². The molecule has 180 valence electrons. The van der Waals surface area contributed by atoms with Crippen molar-refractivity contribution in [1.29, 1.82) is 0 Å². The Labute approximate surface area is 191 Å². The molecule has 2 aromatic rings. The lowest BCUT2D eigenvalue weighted by Gasteiger charge is -2.36. The van der Waals surface area contributed by atoms with Crippen molar-refractivity contribution in [3.63, 3.8) is 0 Å². The van der Waals surface area contributed by atoms with Crippen LogP contribution in [0.2, 0.25) is 0 Å². The Balaban J connectivity index is 2.01. The molecule has 1 atom stereocenters. The zero-order chi connectivity index (χ0) is 24.4. The van der Waals surface area contributed by atoms with Gasteiger partial charge in [-0.2, -0.15) is 21.6 Å². The first-order valence-electron chi connectivity index (χ1n) is 9.88. The van der Waals surface area contributed by atoms with Crippen molar-refractivity contribution in [2.75, 3.05) is 23.3 Å². The summed E-state index contributed by atoms with van der Waals surface area (Å²) in [5.74, 6) is -0.697. The summed E-state index contributed by atoms with van der Waals surface area (Å²) in [7, 11) is -3.89. The number of hydrogen-bond acceptors (Lipinski definition) is 10. The first-order chi connectivity index (χ1) is 15.5. The zero-order valence-electron chi connectivity index (χ0n) is 17.9. The number of aryl methyl sites for hydroxylation is 1.